The number of primary amides is 1. The molecule has 0 aromatic carbocycles. The molecule has 1 aromatic rings. The average Bonchev–Trinajstić information content (AvgIpc) is 2.71. The third-order valence-electron chi connectivity index (χ3n) is 2.42. The van der Waals surface area contributed by atoms with E-state index >= 15 is 0 Å². The summed E-state index contributed by atoms with van der Waals surface area (Å²) in [5.41, 5.74) is 5.42. The Labute approximate surface area is 87.7 Å². The molecule has 1 fully saturated rings. The first-order valence-corrected chi connectivity index (χ1v) is 4.98. The Bertz CT molecular complexity index is 344. The van der Waals surface area contributed by atoms with E-state index in [2.05, 4.69) is 9.97 Å². The third-order valence-corrected chi connectivity index (χ3v) is 2.42. The van der Waals surface area contributed by atoms with Crippen LogP contribution in [0.5, 0.6) is 0 Å². The van der Waals surface area contributed by atoms with Crippen molar-refractivity contribution in [1.29, 1.82) is 0 Å². The summed E-state index contributed by atoms with van der Waals surface area (Å²) in [6, 6.07) is 0. The lowest BCUT2D eigenvalue weighted by molar-refractivity contribution is 0.0999. The molecule has 1 aromatic heterocycles. The van der Waals surface area contributed by atoms with E-state index in [0.29, 0.717) is 17.8 Å². The van der Waals surface area contributed by atoms with Crippen LogP contribution in [-0.2, 0) is 11.2 Å². The summed E-state index contributed by atoms with van der Waals surface area (Å²) in [6.45, 7) is 0.823. The number of carbonyl (C=O) groups excluding carboxylic acids is 1. The molecular formula is C10H13N3O2. The normalized spacial score (nSPS) is 20.4. The van der Waals surface area contributed by atoms with Crippen LogP contribution in [0.15, 0.2) is 12.4 Å². The number of hydrogen-bond donors (Lipinski definition) is 1. The zero-order valence-electron chi connectivity index (χ0n) is 8.35. The van der Waals surface area contributed by atoms with Crippen LogP contribution in [0.4, 0.5) is 0 Å². The maximum absolute atomic E-state index is 10.8. The Morgan fingerprint density at radius 2 is 2.27 bits per heavy atom. The van der Waals surface area contributed by atoms with Crippen LogP contribution in [0.3, 0.4) is 0 Å². The number of carbonyl (C=O) groups is 1. The van der Waals surface area contributed by atoms with Crippen LogP contribution in [0.2, 0.25) is 0 Å². The van der Waals surface area contributed by atoms with Gasteiger partial charge in [-0.2, -0.15) is 0 Å². The average molecular weight is 207 g/mol. The summed E-state index contributed by atoms with van der Waals surface area (Å²) in [6.07, 6.45) is 6.01. The Hall–Kier alpha value is -1.49. The standard InChI is InChI=1S/C10H13N3O2/c11-10(14)7-5-12-9(13-6-7)4-8-2-1-3-15-8/h5-6,8H,1-4H2,(H2,11,14). The third kappa shape index (κ3) is 2.50. The van der Waals surface area contributed by atoms with Crippen molar-refractivity contribution < 1.29 is 9.53 Å². The van der Waals surface area contributed by atoms with E-state index in [1.807, 2.05) is 0 Å². The van der Waals surface area contributed by atoms with Gasteiger partial charge in [-0.25, -0.2) is 9.97 Å². The fraction of sp³-hybridized carbons (Fsp3) is 0.500. The van der Waals surface area contributed by atoms with Gasteiger partial charge in [0.1, 0.15) is 5.82 Å². The molecule has 2 rings (SSSR count). The van der Waals surface area contributed by atoms with Crippen molar-refractivity contribution in [3.8, 4) is 0 Å². The zero-order chi connectivity index (χ0) is 10.7. The van der Waals surface area contributed by atoms with Gasteiger partial charge in [0.25, 0.3) is 5.91 Å². The molecule has 5 heteroatoms. The van der Waals surface area contributed by atoms with Crippen molar-refractivity contribution in [2.75, 3.05) is 6.61 Å². The highest BCUT2D eigenvalue weighted by Crippen LogP contribution is 2.15. The number of nitrogens with zero attached hydrogens (tertiary/aromatic N) is 2. The van der Waals surface area contributed by atoms with Crippen molar-refractivity contribution in [1.82, 2.24) is 9.97 Å². The molecule has 1 atom stereocenters. The molecule has 1 aliphatic rings. The first kappa shape index (κ1) is 10.0. The number of aromatic nitrogens is 2. The summed E-state index contributed by atoms with van der Waals surface area (Å²) in [7, 11) is 0. The second-order valence-electron chi connectivity index (χ2n) is 3.59. The van der Waals surface area contributed by atoms with Gasteiger partial charge in [-0.05, 0) is 12.8 Å². The molecule has 2 N–H and O–H groups in total. The van der Waals surface area contributed by atoms with Crippen LogP contribution < -0.4 is 5.73 Å². The molecule has 0 bridgehead atoms. The number of rotatable bonds is 3. The molecule has 1 saturated heterocycles. The molecule has 80 valence electrons. The minimum atomic E-state index is -0.501. The minimum absolute atomic E-state index is 0.226. The summed E-state index contributed by atoms with van der Waals surface area (Å²) in [5.74, 6) is 0.200. The van der Waals surface area contributed by atoms with Crippen LogP contribution in [0.25, 0.3) is 0 Å². The van der Waals surface area contributed by atoms with Gasteiger partial charge in [0.15, 0.2) is 0 Å². The van der Waals surface area contributed by atoms with E-state index in [9.17, 15) is 4.79 Å². The highest BCUT2D eigenvalue weighted by Gasteiger charge is 2.17. The predicted octanol–water partition coefficient (Wildman–Crippen LogP) is 0.297. The van der Waals surface area contributed by atoms with E-state index in [1.165, 1.54) is 12.4 Å². The molecule has 0 spiro atoms. The van der Waals surface area contributed by atoms with Crippen LogP contribution >= 0.6 is 0 Å². The second kappa shape index (κ2) is 4.35. The van der Waals surface area contributed by atoms with Gasteiger partial charge in [0.2, 0.25) is 0 Å². The fourth-order valence-corrected chi connectivity index (χ4v) is 1.60. The van der Waals surface area contributed by atoms with E-state index in [4.69, 9.17) is 10.5 Å². The Balaban J connectivity index is 2.00. The number of ether oxygens (including phenoxy) is 1. The molecule has 0 saturated carbocycles. The maximum atomic E-state index is 10.8. The van der Waals surface area contributed by atoms with Crippen molar-refractivity contribution in [2.24, 2.45) is 5.73 Å². The van der Waals surface area contributed by atoms with Crippen LogP contribution in [-0.4, -0.2) is 28.6 Å². The first-order valence-electron chi connectivity index (χ1n) is 4.98. The lowest BCUT2D eigenvalue weighted by Gasteiger charge is -2.07. The van der Waals surface area contributed by atoms with Gasteiger partial charge < -0.3 is 10.5 Å². The summed E-state index contributed by atoms with van der Waals surface area (Å²) in [5, 5.41) is 0. The van der Waals surface area contributed by atoms with Crippen LogP contribution in [0.1, 0.15) is 29.0 Å². The Morgan fingerprint density at radius 1 is 1.53 bits per heavy atom. The van der Waals surface area contributed by atoms with E-state index in [-0.39, 0.29) is 6.10 Å². The van der Waals surface area contributed by atoms with Crippen LogP contribution in [0, 0.1) is 0 Å². The highest BCUT2D eigenvalue weighted by molar-refractivity contribution is 5.92. The molecule has 0 aliphatic carbocycles. The first-order chi connectivity index (χ1) is 7.25. The van der Waals surface area contributed by atoms with Gasteiger partial charge in [-0.3, -0.25) is 4.79 Å². The molecule has 0 radical (unpaired) electrons. The van der Waals surface area contributed by atoms with E-state index < -0.39 is 5.91 Å². The minimum Gasteiger partial charge on any atom is -0.378 e. The molecule has 1 unspecified atom stereocenters. The van der Waals surface area contributed by atoms with E-state index in [0.717, 1.165) is 19.4 Å². The quantitative estimate of drug-likeness (QED) is 0.773. The monoisotopic (exact) mass is 207 g/mol. The number of amides is 1. The molecule has 2 heterocycles. The summed E-state index contributed by atoms with van der Waals surface area (Å²) < 4.78 is 5.46. The van der Waals surface area contributed by atoms with Gasteiger partial charge in [-0.15, -0.1) is 0 Å². The van der Waals surface area contributed by atoms with Crippen molar-refractivity contribution in [3.05, 3.63) is 23.8 Å². The predicted molar refractivity (Wildman–Crippen MR) is 53.2 cm³/mol. The highest BCUT2D eigenvalue weighted by atomic mass is 16.5. The smallest absolute Gasteiger partial charge is 0.251 e. The summed E-state index contributed by atoms with van der Waals surface area (Å²) >= 11 is 0. The van der Waals surface area contributed by atoms with E-state index in [1.54, 1.807) is 0 Å². The van der Waals surface area contributed by atoms with Crippen molar-refractivity contribution >= 4 is 5.91 Å². The molecular weight excluding hydrogens is 194 g/mol. The largest absolute Gasteiger partial charge is 0.378 e. The fourth-order valence-electron chi connectivity index (χ4n) is 1.60. The molecule has 15 heavy (non-hydrogen) atoms. The SMILES string of the molecule is NC(=O)c1cnc(CC2CCCO2)nc1. The van der Waals surface area contributed by atoms with Gasteiger partial charge in [0.05, 0.1) is 11.7 Å². The number of hydrogen-bond acceptors (Lipinski definition) is 4. The van der Waals surface area contributed by atoms with Crippen molar-refractivity contribution in [2.45, 2.75) is 25.4 Å². The maximum Gasteiger partial charge on any atom is 0.251 e. The second-order valence-corrected chi connectivity index (χ2v) is 3.59. The van der Waals surface area contributed by atoms with Gasteiger partial charge in [0, 0.05) is 25.4 Å². The van der Waals surface area contributed by atoms with Crippen molar-refractivity contribution in [3.63, 3.8) is 0 Å². The topological polar surface area (TPSA) is 78.1 Å². The van der Waals surface area contributed by atoms with Gasteiger partial charge in [-0.1, -0.05) is 0 Å². The Morgan fingerprint density at radius 3 is 2.80 bits per heavy atom. The molecule has 1 aliphatic heterocycles. The summed E-state index contributed by atoms with van der Waals surface area (Å²) in [4.78, 5) is 18.9. The lowest BCUT2D eigenvalue weighted by Crippen LogP contribution is -2.15. The number of nitrogens with two attached hydrogens (primary N) is 1. The molecule has 5 nitrogen and oxygen atoms in total. The zero-order valence-corrected chi connectivity index (χ0v) is 8.35. The Kier molecular flexibility index (Phi) is 2.91. The lowest BCUT2D eigenvalue weighted by atomic mass is 10.2. The molecule has 1 amide bonds. The van der Waals surface area contributed by atoms with Gasteiger partial charge >= 0.3 is 0 Å².